The molecule has 2 aromatic carbocycles. The highest BCUT2D eigenvalue weighted by molar-refractivity contribution is 7.15. The number of carbonyl (C=O) groups is 1. The van der Waals surface area contributed by atoms with Gasteiger partial charge in [0.2, 0.25) is 5.91 Å². The molecule has 5 nitrogen and oxygen atoms in total. The van der Waals surface area contributed by atoms with Crippen molar-refractivity contribution in [3.63, 3.8) is 0 Å². The van der Waals surface area contributed by atoms with Gasteiger partial charge in [-0.15, -0.1) is 11.3 Å². The summed E-state index contributed by atoms with van der Waals surface area (Å²) in [6, 6.07) is 14.9. The number of ether oxygens (including phenoxy) is 2. The van der Waals surface area contributed by atoms with E-state index in [4.69, 9.17) is 21.1 Å². The zero-order chi connectivity index (χ0) is 19.1. The first-order valence-corrected chi connectivity index (χ1v) is 9.57. The summed E-state index contributed by atoms with van der Waals surface area (Å²) < 4.78 is 10.7. The third-order valence-corrected chi connectivity index (χ3v) is 4.87. The Bertz CT molecular complexity index is 896. The van der Waals surface area contributed by atoms with Gasteiger partial charge in [-0.3, -0.25) is 4.79 Å². The van der Waals surface area contributed by atoms with Crippen LogP contribution in [0.1, 0.15) is 16.9 Å². The number of nitrogens with zero attached hydrogens (tertiary/aromatic N) is 1. The second-order valence-electron chi connectivity index (χ2n) is 5.76. The lowest BCUT2D eigenvalue weighted by atomic mass is 10.1. The Kier molecular flexibility index (Phi) is 6.68. The normalized spacial score (nSPS) is 10.4. The minimum absolute atomic E-state index is 0.132. The molecule has 1 heterocycles. The first-order valence-electron chi connectivity index (χ1n) is 8.38. The van der Waals surface area contributed by atoms with Crippen LogP contribution in [0.5, 0.6) is 11.5 Å². The smallest absolute Gasteiger partial charge is 0.229 e. The van der Waals surface area contributed by atoms with E-state index >= 15 is 0 Å². The Labute approximate surface area is 166 Å². The zero-order valence-electron chi connectivity index (χ0n) is 14.8. The molecule has 0 saturated carbocycles. The Morgan fingerprint density at radius 3 is 2.70 bits per heavy atom. The summed E-state index contributed by atoms with van der Waals surface area (Å²) in [5.74, 6) is 1.33. The summed E-state index contributed by atoms with van der Waals surface area (Å²) in [5, 5.41) is 4.10. The van der Waals surface area contributed by atoms with Gasteiger partial charge >= 0.3 is 0 Å². The summed E-state index contributed by atoms with van der Waals surface area (Å²) >= 11 is 7.46. The van der Waals surface area contributed by atoms with Crippen LogP contribution in [0.15, 0.2) is 54.7 Å². The van der Waals surface area contributed by atoms with Gasteiger partial charge in [-0.1, -0.05) is 23.7 Å². The van der Waals surface area contributed by atoms with Crippen molar-refractivity contribution in [2.75, 3.05) is 19.0 Å². The molecule has 0 aliphatic carbocycles. The van der Waals surface area contributed by atoms with Crippen LogP contribution < -0.4 is 14.8 Å². The topological polar surface area (TPSA) is 60.5 Å². The SMILES string of the molecule is COc1ccc(OCCC(=O)Nc2ncc(Cc3cccc(Cl)c3)s2)cc1. The number of methoxy groups -OCH3 is 1. The minimum atomic E-state index is -0.132. The standard InChI is InChI=1S/C20H19ClN2O3S/c1-25-16-5-7-17(8-6-16)26-10-9-19(24)23-20-22-13-18(27-20)12-14-3-2-4-15(21)11-14/h2-8,11,13H,9-10,12H2,1H3,(H,22,23,24). The maximum absolute atomic E-state index is 12.1. The average molecular weight is 403 g/mol. The second-order valence-corrected chi connectivity index (χ2v) is 7.31. The number of nitrogens with one attached hydrogen (secondary N) is 1. The number of carbonyl (C=O) groups excluding carboxylic acids is 1. The average Bonchev–Trinajstić information content (AvgIpc) is 3.09. The predicted molar refractivity (Wildman–Crippen MR) is 108 cm³/mol. The Balaban J connectivity index is 1.44. The van der Waals surface area contributed by atoms with Gasteiger partial charge in [0, 0.05) is 22.5 Å². The van der Waals surface area contributed by atoms with Gasteiger partial charge in [0.25, 0.3) is 0 Å². The number of hydrogen-bond acceptors (Lipinski definition) is 5. The molecule has 0 fully saturated rings. The molecule has 27 heavy (non-hydrogen) atoms. The first kappa shape index (κ1) is 19.2. The maximum atomic E-state index is 12.1. The molecular weight excluding hydrogens is 384 g/mol. The summed E-state index contributed by atoms with van der Waals surface area (Å²) in [4.78, 5) is 17.4. The molecule has 0 atom stereocenters. The van der Waals surface area contributed by atoms with Gasteiger partial charge in [-0.25, -0.2) is 4.98 Å². The van der Waals surface area contributed by atoms with Gasteiger partial charge in [0.15, 0.2) is 5.13 Å². The molecule has 3 aromatic rings. The van der Waals surface area contributed by atoms with E-state index in [0.29, 0.717) is 22.5 Å². The summed E-state index contributed by atoms with van der Waals surface area (Å²) in [6.07, 6.45) is 2.75. The van der Waals surface area contributed by atoms with Crippen LogP contribution >= 0.6 is 22.9 Å². The highest BCUT2D eigenvalue weighted by atomic mass is 35.5. The van der Waals surface area contributed by atoms with Crippen LogP contribution in [0.4, 0.5) is 5.13 Å². The van der Waals surface area contributed by atoms with Crippen LogP contribution in [0, 0.1) is 0 Å². The molecule has 140 valence electrons. The van der Waals surface area contributed by atoms with Crippen molar-refractivity contribution in [2.45, 2.75) is 12.8 Å². The van der Waals surface area contributed by atoms with Crippen LogP contribution in [0.25, 0.3) is 0 Å². The fourth-order valence-electron chi connectivity index (χ4n) is 2.41. The molecule has 3 rings (SSSR count). The van der Waals surface area contributed by atoms with Crippen LogP contribution in [0.2, 0.25) is 5.02 Å². The number of amides is 1. The van der Waals surface area contributed by atoms with Crippen molar-refractivity contribution in [3.05, 3.63) is 70.2 Å². The molecular formula is C20H19ClN2O3S. The fraction of sp³-hybridized carbons (Fsp3) is 0.200. The third kappa shape index (κ3) is 5.98. The van der Waals surface area contributed by atoms with Crippen molar-refractivity contribution in [2.24, 2.45) is 0 Å². The van der Waals surface area contributed by atoms with Crippen molar-refractivity contribution in [1.82, 2.24) is 4.98 Å². The van der Waals surface area contributed by atoms with Crippen LogP contribution in [-0.2, 0) is 11.2 Å². The molecule has 0 bridgehead atoms. The largest absolute Gasteiger partial charge is 0.497 e. The van der Waals surface area contributed by atoms with E-state index in [9.17, 15) is 4.79 Å². The van der Waals surface area contributed by atoms with E-state index in [-0.39, 0.29) is 12.3 Å². The second kappa shape index (κ2) is 9.39. The highest BCUT2D eigenvalue weighted by Crippen LogP contribution is 2.23. The fourth-order valence-corrected chi connectivity index (χ4v) is 3.49. The van der Waals surface area contributed by atoms with E-state index in [1.807, 2.05) is 36.4 Å². The van der Waals surface area contributed by atoms with Crippen LogP contribution in [0.3, 0.4) is 0 Å². The zero-order valence-corrected chi connectivity index (χ0v) is 16.3. The number of aromatic nitrogens is 1. The first-order chi connectivity index (χ1) is 13.1. The quantitative estimate of drug-likeness (QED) is 0.587. The number of benzene rings is 2. The number of thiazole rings is 1. The number of halogens is 1. The summed E-state index contributed by atoms with van der Waals surface area (Å²) in [6.45, 7) is 0.291. The van der Waals surface area contributed by atoms with Gasteiger partial charge in [-0.05, 0) is 42.0 Å². The van der Waals surface area contributed by atoms with Crippen molar-refractivity contribution >= 4 is 34.0 Å². The van der Waals surface area contributed by atoms with Crippen LogP contribution in [-0.4, -0.2) is 24.6 Å². The molecule has 0 unspecified atom stereocenters. The van der Waals surface area contributed by atoms with E-state index in [1.165, 1.54) is 11.3 Å². The molecule has 0 saturated heterocycles. The van der Waals surface area contributed by atoms with Crippen molar-refractivity contribution in [1.29, 1.82) is 0 Å². The maximum Gasteiger partial charge on any atom is 0.229 e. The van der Waals surface area contributed by atoms with Gasteiger partial charge < -0.3 is 14.8 Å². The molecule has 0 aliphatic heterocycles. The molecule has 0 spiro atoms. The van der Waals surface area contributed by atoms with E-state index < -0.39 is 0 Å². The number of rotatable bonds is 8. The third-order valence-electron chi connectivity index (χ3n) is 3.72. The van der Waals surface area contributed by atoms with Gasteiger partial charge in [0.05, 0.1) is 20.1 Å². The monoisotopic (exact) mass is 402 g/mol. The summed E-state index contributed by atoms with van der Waals surface area (Å²) in [7, 11) is 1.61. The molecule has 1 aromatic heterocycles. The van der Waals surface area contributed by atoms with Crippen molar-refractivity contribution < 1.29 is 14.3 Å². The Morgan fingerprint density at radius 2 is 1.96 bits per heavy atom. The molecule has 1 amide bonds. The molecule has 0 radical (unpaired) electrons. The van der Waals surface area contributed by atoms with Gasteiger partial charge in [-0.2, -0.15) is 0 Å². The minimum Gasteiger partial charge on any atom is -0.497 e. The Hall–Kier alpha value is -2.57. The van der Waals surface area contributed by atoms with Gasteiger partial charge in [0.1, 0.15) is 11.5 Å². The van der Waals surface area contributed by atoms with E-state index in [1.54, 1.807) is 25.4 Å². The lowest BCUT2D eigenvalue weighted by molar-refractivity contribution is -0.116. The van der Waals surface area contributed by atoms with E-state index in [0.717, 1.165) is 22.6 Å². The highest BCUT2D eigenvalue weighted by Gasteiger charge is 2.08. The molecule has 7 heteroatoms. The van der Waals surface area contributed by atoms with E-state index in [2.05, 4.69) is 10.3 Å². The lowest BCUT2D eigenvalue weighted by Crippen LogP contribution is -2.14. The predicted octanol–water partition coefficient (Wildman–Crippen LogP) is 4.80. The number of hydrogen-bond donors (Lipinski definition) is 1. The molecule has 0 aliphatic rings. The molecule has 1 N–H and O–H groups in total. The Morgan fingerprint density at radius 1 is 1.19 bits per heavy atom. The lowest BCUT2D eigenvalue weighted by Gasteiger charge is -2.06. The number of anilines is 1. The van der Waals surface area contributed by atoms with Crippen molar-refractivity contribution in [3.8, 4) is 11.5 Å². The summed E-state index contributed by atoms with van der Waals surface area (Å²) in [5.41, 5.74) is 1.11.